The van der Waals surface area contributed by atoms with E-state index >= 15 is 0 Å². The van der Waals surface area contributed by atoms with E-state index in [4.69, 9.17) is 23.2 Å². The molecule has 130 valence electrons. The largest absolute Gasteiger partial charge is 0.333 e. The Labute approximate surface area is 158 Å². The molecule has 0 bridgehead atoms. The molecule has 0 fully saturated rings. The van der Waals surface area contributed by atoms with E-state index in [0.717, 1.165) is 11.8 Å². The Morgan fingerprint density at radius 3 is 2.68 bits per heavy atom. The quantitative estimate of drug-likeness (QED) is 0.794. The minimum absolute atomic E-state index is 0.00716. The molecule has 0 saturated carbocycles. The zero-order valence-electron chi connectivity index (χ0n) is 12.5. The van der Waals surface area contributed by atoms with Gasteiger partial charge in [-0.25, -0.2) is 0 Å². The smallest absolute Gasteiger partial charge is 0.286 e. The summed E-state index contributed by atoms with van der Waals surface area (Å²) < 4.78 is 28.1. The first-order valence-corrected chi connectivity index (χ1v) is 10.1. The standard InChI is InChI=1S/C15H11Cl2N3O3S2/c16-9-2-1-3-11(6-9)18-14(21)8-24-15-19-12-5-4-10(17)7-13(12)25(22,23)20-15/h1-7H,8H2,(H,18,21)(H,19,20). The maximum absolute atomic E-state index is 12.2. The lowest BCUT2D eigenvalue weighted by Crippen LogP contribution is -2.22. The highest BCUT2D eigenvalue weighted by Gasteiger charge is 2.25. The molecule has 0 aromatic heterocycles. The zero-order chi connectivity index (χ0) is 18.0. The van der Waals surface area contributed by atoms with Gasteiger partial charge in [-0.05, 0) is 36.4 Å². The van der Waals surface area contributed by atoms with Gasteiger partial charge in [0.05, 0.1) is 11.4 Å². The Bertz CT molecular complexity index is 978. The number of nitrogens with zero attached hydrogens (tertiary/aromatic N) is 1. The van der Waals surface area contributed by atoms with Gasteiger partial charge >= 0.3 is 0 Å². The summed E-state index contributed by atoms with van der Waals surface area (Å²) in [7, 11) is -3.86. The highest BCUT2D eigenvalue weighted by atomic mass is 35.5. The molecule has 2 N–H and O–H groups in total. The molecule has 25 heavy (non-hydrogen) atoms. The first-order chi connectivity index (χ1) is 11.8. The van der Waals surface area contributed by atoms with Crippen LogP contribution in [-0.4, -0.2) is 25.2 Å². The molecule has 0 aliphatic carbocycles. The van der Waals surface area contributed by atoms with Crippen LogP contribution in [0, 0.1) is 0 Å². The third-order valence-electron chi connectivity index (χ3n) is 3.11. The van der Waals surface area contributed by atoms with Crippen molar-refractivity contribution in [2.75, 3.05) is 16.4 Å². The average Bonchev–Trinajstić information content (AvgIpc) is 2.53. The summed E-state index contributed by atoms with van der Waals surface area (Å²) in [4.78, 5) is 12.0. The average molecular weight is 416 g/mol. The second-order valence-corrected chi connectivity index (χ2v) is 8.39. The number of thioether (sulfide) groups is 1. The molecule has 0 saturated heterocycles. The van der Waals surface area contributed by atoms with Crippen molar-refractivity contribution in [1.29, 1.82) is 0 Å². The Balaban J connectivity index is 1.67. The van der Waals surface area contributed by atoms with Gasteiger partial charge in [0.1, 0.15) is 4.90 Å². The second-order valence-electron chi connectivity index (χ2n) is 4.98. The number of carbonyl (C=O) groups excluding carboxylic acids is 1. The van der Waals surface area contributed by atoms with Gasteiger partial charge in [-0.3, -0.25) is 4.79 Å². The van der Waals surface area contributed by atoms with Gasteiger partial charge in [-0.1, -0.05) is 41.0 Å². The predicted octanol–water partition coefficient (Wildman–Crippen LogP) is 3.84. The minimum Gasteiger partial charge on any atom is -0.333 e. The molecule has 3 rings (SSSR count). The van der Waals surface area contributed by atoms with Crippen LogP contribution in [0.4, 0.5) is 11.4 Å². The third-order valence-corrected chi connectivity index (χ3v) is 5.89. The van der Waals surface area contributed by atoms with Crippen LogP contribution in [0.25, 0.3) is 0 Å². The molecule has 2 aromatic rings. The fourth-order valence-electron chi connectivity index (χ4n) is 2.07. The lowest BCUT2D eigenvalue weighted by Gasteiger charge is -2.17. The number of benzene rings is 2. The summed E-state index contributed by atoms with van der Waals surface area (Å²) in [5, 5.41) is 6.49. The fourth-order valence-corrected chi connectivity index (χ4v) is 4.56. The first-order valence-electron chi connectivity index (χ1n) is 6.93. The van der Waals surface area contributed by atoms with Gasteiger partial charge in [-0.2, -0.15) is 8.42 Å². The van der Waals surface area contributed by atoms with E-state index in [9.17, 15) is 13.2 Å². The number of sulfonamides is 1. The molecule has 0 unspecified atom stereocenters. The molecule has 1 amide bonds. The Morgan fingerprint density at radius 1 is 1.16 bits per heavy atom. The monoisotopic (exact) mass is 415 g/mol. The van der Waals surface area contributed by atoms with E-state index in [0.29, 0.717) is 21.4 Å². The Morgan fingerprint density at radius 2 is 1.92 bits per heavy atom. The normalized spacial score (nSPS) is 14.9. The number of hydrogen-bond donors (Lipinski definition) is 2. The van der Waals surface area contributed by atoms with Crippen LogP contribution < -0.4 is 10.6 Å². The summed E-state index contributed by atoms with van der Waals surface area (Å²) >= 11 is 12.7. The molecule has 0 atom stereocenters. The van der Waals surface area contributed by atoms with Crippen molar-refractivity contribution < 1.29 is 13.2 Å². The van der Waals surface area contributed by atoms with Crippen molar-refractivity contribution in [1.82, 2.24) is 0 Å². The zero-order valence-corrected chi connectivity index (χ0v) is 15.6. The Hall–Kier alpha value is -1.74. The molecule has 1 heterocycles. The number of rotatable bonds is 3. The van der Waals surface area contributed by atoms with Gasteiger partial charge in [-0.15, -0.1) is 4.40 Å². The van der Waals surface area contributed by atoms with Crippen LogP contribution in [0.1, 0.15) is 0 Å². The van der Waals surface area contributed by atoms with Crippen LogP contribution >= 0.6 is 35.0 Å². The molecule has 2 aromatic carbocycles. The van der Waals surface area contributed by atoms with Crippen LogP contribution in [0.2, 0.25) is 10.0 Å². The van der Waals surface area contributed by atoms with Gasteiger partial charge in [0.25, 0.3) is 10.0 Å². The highest BCUT2D eigenvalue weighted by Crippen LogP contribution is 2.31. The molecule has 6 nitrogen and oxygen atoms in total. The number of hydrogen-bond acceptors (Lipinski definition) is 5. The number of fused-ring (bicyclic) bond motifs is 1. The van der Waals surface area contributed by atoms with Crippen molar-refractivity contribution in [3.05, 3.63) is 52.5 Å². The number of nitrogens with one attached hydrogen (secondary N) is 2. The summed E-state index contributed by atoms with van der Waals surface area (Å²) in [6.45, 7) is 0. The number of anilines is 2. The van der Waals surface area contributed by atoms with Gasteiger partial charge in [0.2, 0.25) is 5.91 Å². The molecule has 0 radical (unpaired) electrons. The molecular weight excluding hydrogens is 405 g/mol. The summed E-state index contributed by atoms with van der Waals surface area (Å²) in [5.74, 6) is -0.326. The van der Waals surface area contributed by atoms with E-state index in [1.165, 1.54) is 6.07 Å². The number of amidine groups is 1. The van der Waals surface area contributed by atoms with Crippen molar-refractivity contribution >= 4 is 67.4 Å². The van der Waals surface area contributed by atoms with E-state index in [1.807, 2.05) is 0 Å². The third kappa shape index (κ3) is 4.46. The van der Waals surface area contributed by atoms with Crippen molar-refractivity contribution in [2.24, 2.45) is 4.40 Å². The van der Waals surface area contributed by atoms with E-state index in [1.54, 1.807) is 36.4 Å². The molecule has 0 spiro atoms. The van der Waals surface area contributed by atoms with Gasteiger partial charge in [0, 0.05) is 15.7 Å². The van der Waals surface area contributed by atoms with E-state index in [-0.39, 0.29) is 21.7 Å². The van der Waals surface area contributed by atoms with Crippen molar-refractivity contribution in [3.8, 4) is 0 Å². The predicted molar refractivity (Wildman–Crippen MR) is 102 cm³/mol. The number of amides is 1. The SMILES string of the molecule is O=C(CSC1=NS(=O)(=O)c2cc(Cl)ccc2N1)Nc1cccc(Cl)c1. The summed E-state index contributed by atoms with van der Waals surface area (Å²) in [6.07, 6.45) is 0. The number of halogens is 2. The van der Waals surface area contributed by atoms with Gasteiger partial charge in [0.15, 0.2) is 5.17 Å². The van der Waals surface area contributed by atoms with E-state index in [2.05, 4.69) is 15.0 Å². The topological polar surface area (TPSA) is 87.6 Å². The van der Waals surface area contributed by atoms with Crippen molar-refractivity contribution in [2.45, 2.75) is 4.90 Å². The summed E-state index contributed by atoms with van der Waals surface area (Å²) in [6, 6.07) is 11.2. The van der Waals surface area contributed by atoms with E-state index < -0.39 is 10.0 Å². The first kappa shape index (κ1) is 18.1. The van der Waals surface area contributed by atoms with Crippen LogP contribution in [0.3, 0.4) is 0 Å². The van der Waals surface area contributed by atoms with Crippen LogP contribution in [-0.2, 0) is 14.8 Å². The number of carbonyl (C=O) groups is 1. The Kier molecular flexibility index (Phi) is 5.24. The lowest BCUT2D eigenvalue weighted by atomic mass is 10.3. The van der Waals surface area contributed by atoms with Gasteiger partial charge < -0.3 is 10.6 Å². The molecular formula is C15H11Cl2N3O3S2. The minimum atomic E-state index is -3.86. The maximum atomic E-state index is 12.2. The highest BCUT2D eigenvalue weighted by molar-refractivity contribution is 8.15. The molecule has 10 heteroatoms. The lowest BCUT2D eigenvalue weighted by molar-refractivity contribution is -0.113. The maximum Gasteiger partial charge on any atom is 0.286 e. The molecule has 1 aliphatic heterocycles. The summed E-state index contributed by atoms with van der Waals surface area (Å²) in [5.41, 5.74) is 0.932. The van der Waals surface area contributed by atoms with Crippen LogP contribution in [0.5, 0.6) is 0 Å². The molecule has 1 aliphatic rings. The van der Waals surface area contributed by atoms with Crippen molar-refractivity contribution in [3.63, 3.8) is 0 Å². The fraction of sp³-hybridized carbons (Fsp3) is 0.0667. The second kappa shape index (κ2) is 7.25. The van der Waals surface area contributed by atoms with Crippen LogP contribution in [0.15, 0.2) is 51.8 Å².